The van der Waals surface area contributed by atoms with Crippen LogP contribution < -0.4 is 5.32 Å². The lowest BCUT2D eigenvalue weighted by Crippen LogP contribution is -2.34. The maximum atomic E-state index is 10.5. The average molecular weight is 313 g/mol. The van der Waals surface area contributed by atoms with E-state index in [1.807, 2.05) is 48.8 Å². The van der Waals surface area contributed by atoms with Gasteiger partial charge in [-0.1, -0.05) is 36.4 Å². The molecule has 0 fully saturated rings. The maximum absolute atomic E-state index is 10.5. The molecule has 0 amide bonds. The fraction of sp³-hybridized carbons (Fsp3) is 0.235. The van der Waals surface area contributed by atoms with Gasteiger partial charge in [0.05, 0.1) is 11.9 Å². The van der Waals surface area contributed by atoms with E-state index in [1.54, 1.807) is 11.3 Å². The van der Waals surface area contributed by atoms with Gasteiger partial charge in [-0.05, 0) is 23.9 Å². The van der Waals surface area contributed by atoms with Gasteiger partial charge >= 0.3 is 0 Å². The number of H-pyrrole nitrogens is 1. The summed E-state index contributed by atoms with van der Waals surface area (Å²) in [5.74, 6) is 0. The number of thiophene rings is 1. The average Bonchev–Trinajstić information content (AvgIpc) is 3.20. The van der Waals surface area contributed by atoms with Crippen LogP contribution in [0.5, 0.6) is 0 Å². The van der Waals surface area contributed by atoms with Gasteiger partial charge in [-0.15, -0.1) is 11.3 Å². The van der Waals surface area contributed by atoms with Crippen molar-refractivity contribution in [3.63, 3.8) is 0 Å². The zero-order valence-corrected chi connectivity index (χ0v) is 13.2. The summed E-state index contributed by atoms with van der Waals surface area (Å²) in [5.41, 5.74) is 2.36. The lowest BCUT2D eigenvalue weighted by Gasteiger charge is -2.22. The largest absolute Gasteiger partial charge is 0.383 e. The van der Waals surface area contributed by atoms with E-state index in [0.717, 1.165) is 21.7 Å². The number of rotatable bonds is 6. The molecule has 0 saturated heterocycles. The van der Waals surface area contributed by atoms with E-state index in [2.05, 4.69) is 27.6 Å². The molecule has 0 aliphatic heterocycles. The number of aromatic amines is 1. The van der Waals surface area contributed by atoms with Gasteiger partial charge in [-0.2, -0.15) is 5.10 Å². The van der Waals surface area contributed by atoms with Crippen molar-refractivity contribution in [2.45, 2.75) is 19.1 Å². The summed E-state index contributed by atoms with van der Waals surface area (Å²) in [5, 5.41) is 23.0. The summed E-state index contributed by atoms with van der Waals surface area (Å²) < 4.78 is 0. The van der Waals surface area contributed by atoms with Crippen LogP contribution in [-0.2, 0) is 12.1 Å². The molecule has 0 aliphatic rings. The Bertz CT molecular complexity index is 705. The molecule has 1 unspecified atom stereocenters. The molecule has 0 spiro atoms. The summed E-state index contributed by atoms with van der Waals surface area (Å²) in [6.45, 7) is 2.98. The monoisotopic (exact) mass is 313 g/mol. The smallest absolute Gasteiger partial charge is 0.108 e. The summed E-state index contributed by atoms with van der Waals surface area (Å²) >= 11 is 1.57. The number of hydrogen-bond acceptors (Lipinski definition) is 4. The van der Waals surface area contributed by atoms with E-state index < -0.39 is 5.60 Å². The zero-order chi connectivity index (χ0) is 15.4. The Morgan fingerprint density at radius 1 is 1.23 bits per heavy atom. The SMILES string of the molecule is CC(O)(CNCc1cn[nH]c1-c1ccccc1)c1cccs1. The Morgan fingerprint density at radius 3 is 2.77 bits per heavy atom. The highest BCUT2D eigenvalue weighted by Crippen LogP contribution is 2.25. The molecule has 1 atom stereocenters. The van der Waals surface area contributed by atoms with Gasteiger partial charge in [-0.25, -0.2) is 0 Å². The highest BCUT2D eigenvalue weighted by atomic mass is 32.1. The fourth-order valence-electron chi connectivity index (χ4n) is 2.41. The molecule has 1 aromatic carbocycles. The van der Waals surface area contributed by atoms with Crippen LogP contribution in [0.2, 0.25) is 0 Å². The van der Waals surface area contributed by atoms with E-state index in [-0.39, 0.29) is 0 Å². The number of aliphatic hydroxyl groups is 1. The molecular formula is C17H19N3OS. The molecule has 0 radical (unpaired) electrons. The first kappa shape index (κ1) is 15.0. The second kappa shape index (κ2) is 6.44. The predicted octanol–water partition coefficient (Wildman–Crippen LogP) is 3.14. The van der Waals surface area contributed by atoms with Crippen molar-refractivity contribution >= 4 is 11.3 Å². The summed E-state index contributed by atoms with van der Waals surface area (Å²) in [6, 6.07) is 14.0. The number of hydrogen-bond donors (Lipinski definition) is 3. The highest BCUT2D eigenvalue weighted by molar-refractivity contribution is 7.10. The Balaban J connectivity index is 1.65. The van der Waals surface area contributed by atoms with Gasteiger partial charge in [0.15, 0.2) is 0 Å². The van der Waals surface area contributed by atoms with Gasteiger partial charge in [0.25, 0.3) is 0 Å². The third kappa shape index (κ3) is 3.27. The lowest BCUT2D eigenvalue weighted by atomic mass is 10.0. The van der Waals surface area contributed by atoms with E-state index in [0.29, 0.717) is 13.1 Å². The molecule has 5 heteroatoms. The first-order chi connectivity index (χ1) is 10.7. The van der Waals surface area contributed by atoms with E-state index in [4.69, 9.17) is 0 Å². The van der Waals surface area contributed by atoms with Crippen molar-refractivity contribution in [3.05, 3.63) is 64.5 Å². The summed E-state index contributed by atoms with van der Waals surface area (Å²) in [6.07, 6.45) is 1.83. The van der Waals surface area contributed by atoms with Crippen LogP contribution in [0.4, 0.5) is 0 Å². The molecule has 22 heavy (non-hydrogen) atoms. The van der Waals surface area contributed by atoms with Crippen molar-refractivity contribution in [2.24, 2.45) is 0 Å². The van der Waals surface area contributed by atoms with Crippen molar-refractivity contribution in [3.8, 4) is 11.3 Å². The topological polar surface area (TPSA) is 60.9 Å². The van der Waals surface area contributed by atoms with E-state index >= 15 is 0 Å². The Kier molecular flexibility index (Phi) is 4.38. The number of benzene rings is 1. The predicted molar refractivity (Wildman–Crippen MR) is 89.6 cm³/mol. The van der Waals surface area contributed by atoms with Crippen LogP contribution in [0, 0.1) is 0 Å². The Labute approximate surface area is 133 Å². The fourth-order valence-corrected chi connectivity index (χ4v) is 3.20. The number of aromatic nitrogens is 2. The van der Waals surface area contributed by atoms with Crippen LogP contribution in [-0.4, -0.2) is 21.8 Å². The first-order valence-electron chi connectivity index (χ1n) is 7.21. The Hall–Kier alpha value is -1.95. The quantitative estimate of drug-likeness (QED) is 0.655. The third-order valence-corrected chi connectivity index (χ3v) is 4.74. The molecule has 0 bridgehead atoms. The minimum absolute atomic E-state index is 0.493. The van der Waals surface area contributed by atoms with Crippen molar-refractivity contribution in [1.29, 1.82) is 0 Å². The maximum Gasteiger partial charge on any atom is 0.108 e. The standard InChI is InChI=1S/C17H19N3OS/c1-17(21,15-8-5-9-22-15)12-18-10-14-11-19-20-16(14)13-6-3-2-4-7-13/h2-9,11,18,21H,10,12H2,1H3,(H,19,20). The van der Waals surface area contributed by atoms with Crippen LogP contribution in [0.15, 0.2) is 54.0 Å². The highest BCUT2D eigenvalue weighted by Gasteiger charge is 2.23. The summed E-state index contributed by atoms with van der Waals surface area (Å²) in [7, 11) is 0. The molecule has 2 aromatic heterocycles. The van der Waals surface area contributed by atoms with Crippen molar-refractivity contribution in [1.82, 2.24) is 15.5 Å². The minimum Gasteiger partial charge on any atom is -0.383 e. The van der Waals surface area contributed by atoms with Gasteiger partial charge in [0, 0.05) is 23.5 Å². The van der Waals surface area contributed by atoms with Crippen LogP contribution in [0.25, 0.3) is 11.3 Å². The zero-order valence-electron chi connectivity index (χ0n) is 12.4. The normalized spacial score (nSPS) is 13.9. The molecule has 0 saturated carbocycles. The molecule has 3 rings (SSSR count). The first-order valence-corrected chi connectivity index (χ1v) is 8.09. The summed E-state index contributed by atoms with van der Waals surface area (Å²) in [4.78, 5) is 0.968. The second-order valence-corrected chi connectivity index (χ2v) is 6.44. The molecule has 3 aromatic rings. The van der Waals surface area contributed by atoms with Gasteiger partial charge in [-0.3, -0.25) is 5.10 Å². The van der Waals surface area contributed by atoms with Gasteiger partial charge in [0.1, 0.15) is 5.60 Å². The molecule has 0 aliphatic carbocycles. The third-order valence-electron chi connectivity index (χ3n) is 3.62. The van der Waals surface area contributed by atoms with Crippen molar-refractivity contribution in [2.75, 3.05) is 6.54 Å². The second-order valence-electron chi connectivity index (χ2n) is 5.49. The van der Waals surface area contributed by atoms with Crippen LogP contribution in [0.1, 0.15) is 17.4 Å². The van der Waals surface area contributed by atoms with E-state index in [9.17, 15) is 5.11 Å². The molecule has 2 heterocycles. The van der Waals surface area contributed by atoms with Crippen molar-refractivity contribution < 1.29 is 5.11 Å². The minimum atomic E-state index is -0.856. The molecule has 114 valence electrons. The molecular weight excluding hydrogens is 294 g/mol. The Morgan fingerprint density at radius 2 is 2.05 bits per heavy atom. The number of nitrogens with one attached hydrogen (secondary N) is 2. The van der Waals surface area contributed by atoms with Gasteiger partial charge < -0.3 is 10.4 Å². The van der Waals surface area contributed by atoms with E-state index in [1.165, 1.54) is 0 Å². The number of nitrogens with zero attached hydrogens (tertiary/aromatic N) is 1. The van der Waals surface area contributed by atoms with Gasteiger partial charge in [0.2, 0.25) is 0 Å². The van der Waals surface area contributed by atoms with Crippen LogP contribution in [0.3, 0.4) is 0 Å². The van der Waals surface area contributed by atoms with Crippen LogP contribution >= 0.6 is 11.3 Å². The molecule has 4 nitrogen and oxygen atoms in total. The molecule has 3 N–H and O–H groups in total. The lowest BCUT2D eigenvalue weighted by molar-refractivity contribution is 0.0604.